The van der Waals surface area contributed by atoms with Gasteiger partial charge < -0.3 is 14.3 Å². The van der Waals surface area contributed by atoms with Crippen molar-refractivity contribution in [3.63, 3.8) is 0 Å². The van der Waals surface area contributed by atoms with E-state index in [1.165, 1.54) is 11.8 Å². The smallest absolute Gasteiger partial charge is 0.235 e. The zero-order chi connectivity index (χ0) is 26.6. The Morgan fingerprint density at radius 1 is 1.08 bits per heavy atom. The number of hydrogen-bond acceptors (Lipinski definition) is 6. The number of furan rings is 1. The van der Waals surface area contributed by atoms with Crippen LogP contribution in [0.1, 0.15) is 22.6 Å². The molecule has 10 heteroatoms. The third kappa shape index (κ3) is 5.09. The van der Waals surface area contributed by atoms with Gasteiger partial charge in [-0.2, -0.15) is 5.26 Å². The molecule has 0 bridgehead atoms. The van der Waals surface area contributed by atoms with Crippen LogP contribution in [-0.4, -0.2) is 31.0 Å². The van der Waals surface area contributed by atoms with Crippen LogP contribution in [0.4, 0.5) is 5.82 Å². The molecule has 0 saturated heterocycles. The Kier molecular flexibility index (Phi) is 7.36. The van der Waals surface area contributed by atoms with Gasteiger partial charge in [0.25, 0.3) is 0 Å². The van der Waals surface area contributed by atoms with E-state index in [0.29, 0.717) is 33.9 Å². The number of nitriles is 1. The minimum atomic E-state index is -0.267. The molecule has 5 rings (SSSR count). The fourth-order valence-corrected chi connectivity index (χ4v) is 5.02. The van der Waals surface area contributed by atoms with Gasteiger partial charge in [0.05, 0.1) is 24.1 Å². The fraction of sp³-hybridized carbons (Fsp3) is 0.143. The van der Waals surface area contributed by atoms with Crippen molar-refractivity contribution in [2.24, 2.45) is 0 Å². The van der Waals surface area contributed by atoms with Crippen LogP contribution in [0.5, 0.6) is 0 Å². The van der Waals surface area contributed by atoms with Gasteiger partial charge in [0.2, 0.25) is 5.91 Å². The van der Waals surface area contributed by atoms with Crippen LogP contribution in [0.15, 0.2) is 82.6 Å². The number of anilines is 1. The van der Waals surface area contributed by atoms with Gasteiger partial charge in [-0.15, -0.1) is 10.2 Å². The lowest BCUT2D eigenvalue weighted by atomic mass is 10.2. The predicted molar refractivity (Wildman–Crippen MR) is 148 cm³/mol. The van der Waals surface area contributed by atoms with Gasteiger partial charge in [-0.05, 0) is 55.8 Å². The first kappa shape index (κ1) is 25.4. The van der Waals surface area contributed by atoms with E-state index in [0.717, 1.165) is 28.3 Å². The molecule has 0 aliphatic carbocycles. The molecule has 3 heterocycles. The van der Waals surface area contributed by atoms with Crippen molar-refractivity contribution in [3.05, 3.63) is 101 Å². The Morgan fingerprint density at radius 3 is 2.53 bits per heavy atom. The lowest BCUT2D eigenvalue weighted by Gasteiger charge is -2.13. The quantitative estimate of drug-likeness (QED) is 0.232. The summed E-state index contributed by atoms with van der Waals surface area (Å²) in [4.78, 5) is 13.1. The molecule has 0 radical (unpaired) electrons. The van der Waals surface area contributed by atoms with Gasteiger partial charge in [0.15, 0.2) is 11.0 Å². The van der Waals surface area contributed by atoms with Gasteiger partial charge in [0.1, 0.15) is 17.6 Å². The largest absolute Gasteiger partial charge is 0.467 e. The molecular weight excluding hydrogens is 520 g/mol. The lowest BCUT2D eigenvalue weighted by Crippen LogP contribution is -2.19. The Hall–Kier alpha value is -4.26. The number of nitrogens with one attached hydrogen (secondary N) is 1. The third-order valence-corrected chi connectivity index (χ3v) is 7.36. The predicted octanol–water partition coefficient (Wildman–Crippen LogP) is 6.25. The van der Waals surface area contributed by atoms with Crippen LogP contribution < -0.4 is 5.32 Å². The highest BCUT2D eigenvalue weighted by molar-refractivity contribution is 7.99. The highest BCUT2D eigenvalue weighted by Crippen LogP contribution is 2.30. The summed E-state index contributed by atoms with van der Waals surface area (Å²) in [5.74, 6) is 1.63. The fourth-order valence-electron chi connectivity index (χ4n) is 4.15. The average Bonchev–Trinajstić information content (AvgIpc) is 3.65. The van der Waals surface area contributed by atoms with Gasteiger partial charge in [-0.3, -0.25) is 9.36 Å². The van der Waals surface area contributed by atoms with E-state index in [-0.39, 0.29) is 11.7 Å². The van der Waals surface area contributed by atoms with E-state index in [1.807, 2.05) is 77.6 Å². The number of halogens is 1. The van der Waals surface area contributed by atoms with Crippen LogP contribution in [-0.2, 0) is 11.3 Å². The molecule has 2 aromatic carbocycles. The molecule has 0 fully saturated rings. The maximum atomic E-state index is 13.1. The normalized spacial score (nSPS) is 10.9. The molecule has 0 aliphatic rings. The van der Waals surface area contributed by atoms with Crippen LogP contribution >= 0.6 is 23.4 Å². The van der Waals surface area contributed by atoms with Crippen molar-refractivity contribution >= 4 is 35.1 Å². The number of hydrogen-bond donors (Lipinski definition) is 1. The summed E-state index contributed by atoms with van der Waals surface area (Å²) in [5.41, 5.74) is 3.86. The van der Waals surface area contributed by atoms with Crippen molar-refractivity contribution in [2.45, 2.75) is 25.5 Å². The second-order valence-electron chi connectivity index (χ2n) is 8.53. The zero-order valence-corrected chi connectivity index (χ0v) is 22.3. The van der Waals surface area contributed by atoms with Crippen molar-refractivity contribution in [1.82, 2.24) is 19.3 Å². The van der Waals surface area contributed by atoms with Crippen molar-refractivity contribution in [1.29, 1.82) is 5.26 Å². The van der Waals surface area contributed by atoms with E-state index in [1.54, 1.807) is 18.4 Å². The van der Waals surface area contributed by atoms with E-state index in [2.05, 4.69) is 21.6 Å². The number of thioether (sulfide) groups is 1. The number of carbonyl (C=O) groups excluding carboxylic acids is 1. The maximum absolute atomic E-state index is 13.1. The molecule has 3 aromatic heterocycles. The molecule has 0 atom stereocenters. The molecule has 8 nitrogen and oxygen atoms in total. The molecule has 0 saturated carbocycles. The summed E-state index contributed by atoms with van der Waals surface area (Å²) in [6, 6.07) is 23.0. The summed E-state index contributed by atoms with van der Waals surface area (Å²) < 4.78 is 9.28. The lowest BCUT2D eigenvalue weighted by molar-refractivity contribution is -0.113. The monoisotopic (exact) mass is 542 g/mol. The second-order valence-corrected chi connectivity index (χ2v) is 9.91. The molecule has 0 unspecified atom stereocenters. The molecule has 190 valence electrons. The van der Waals surface area contributed by atoms with Gasteiger partial charge in [0, 0.05) is 22.0 Å². The SMILES string of the molecule is Cc1c(C#N)c(NC(=O)CSc2nnc(-c3ccccc3)n2-c2ccc(Cl)cc2)n(Cc2ccco2)c1C. The molecule has 0 spiro atoms. The number of rotatable bonds is 8. The van der Waals surface area contributed by atoms with Gasteiger partial charge >= 0.3 is 0 Å². The topological polar surface area (TPSA) is 102 Å². The first-order chi connectivity index (χ1) is 18.5. The van der Waals surface area contributed by atoms with Crippen LogP contribution in [0.25, 0.3) is 17.1 Å². The molecule has 5 aromatic rings. The summed E-state index contributed by atoms with van der Waals surface area (Å²) >= 11 is 7.37. The van der Waals surface area contributed by atoms with Gasteiger partial charge in [-0.25, -0.2) is 0 Å². The van der Waals surface area contributed by atoms with Crippen molar-refractivity contribution in [2.75, 3.05) is 11.1 Å². The minimum absolute atomic E-state index is 0.0649. The van der Waals surface area contributed by atoms with Crippen molar-refractivity contribution < 1.29 is 9.21 Å². The first-order valence-corrected chi connectivity index (χ1v) is 13.1. The van der Waals surface area contributed by atoms with E-state index in [9.17, 15) is 10.1 Å². The average molecular weight is 543 g/mol. The number of nitrogens with zero attached hydrogens (tertiary/aromatic N) is 5. The second kappa shape index (κ2) is 11.0. The summed E-state index contributed by atoms with van der Waals surface area (Å²) in [5, 5.41) is 22.7. The molecule has 38 heavy (non-hydrogen) atoms. The highest BCUT2D eigenvalue weighted by atomic mass is 35.5. The number of aromatic nitrogens is 4. The minimum Gasteiger partial charge on any atom is -0.467 e. The molecule has 0 aliphatic heterocycles. The molecular formula is C28H23ClN6O2S. The number of carbonyl (C=O) groups is 1. The molecule has 1 amide bonds. The molecule has 1 N–H and O–H groups in total. The van der Waals surface area contributed by atoms with Gasteiger partial charge in [-0.1, -0.05) is 53.7 Å². The van der Waals surface area contributed by atoms with E-state index < -0.39 is 0 Å². The summed E-state index contributed by atoms with van der Waals surface area (Å²) in [7, 11) is 0. The Bertz CT molecular complexity index is 1620. The van der Waals surface area contributed by atoms with Crippen LogP contribution in [0, 0.1) is 25.2 Å². The standard InChI is InChI=1S/C28H23ClN6O2S/c1-18-19(2)34(16-23-9-6-14-37-23)27(24(18)15-30)31-25(36)17-38-28-33-32-26(20-7-4-3-5-8-20)35(28)22-12-10-21(29)11-13-22/h3-14H,16-17H2,1-2H3,(H,31,36). The maximum Gasteiger partial charge on any atom is 0.235 e. The van der Waals surface area contributed by atoms with E-state index in [4.69, 9.17) is 16.0 Å². The third-order valence-electron chi connectivity index (χ3n) is 6.18. The zero-order valence-electron chi connectivity index (χ0n) is 20.7. The summed E-state index contributed by atoms with van der Waals surface area (Å²) in [6.45, 7) is 4.19. The number of amides is 1. The highest BCUT2D eigenvalue weighted by Gasteiger charge is 2.22. The van der Waals surface area contributed by atoms with Crippen molar-refractivity contribution in [3.8, 4) is 23.1 Å². The van der Waals surface area contributed by atoms with Crippen LogP contribution in [0.2, 0.25) is 5.02 Å². The Morgan fingerprint density at radius 2 is 1.84 bits per heavy atom. The Balaban J connectivity index is 1.41. The Labute approximate surface area is 228 Å². The first-order valence-electron chi connectivity index (χ1n) is 11.8. The number of benzene rings is 2. The van der Waals surface area contributed by atoms with Crippen LogP contribution in [0.3, 0.4) is 0 Å². The summed E-state index contributed by atoms with van der Waals surface area (Å²) in [6.07, 6.45) is 1.60. The van der Waals surface area contributed by atoms with E-state index >= 15 is 0 Å².